The molecule has 1 saturated heterocycles. The van der Waals surface area contributed by atoms with Crippen LogP contribution in [0.2, 0.25) is 0 Å². The molecule has 0 saturated carbocycles. The molecule has 0 aromatic carbocycles. The molecule has 0 bridgehead atoms. The number of hydroxylamine groups is 2. The number of aliphatic hydroxyl groups excluding tert-OH is 5. The van der Waals surface area contributed by atoms with E-state index in [1.165, 1.54) is 0 Å². The maximum absolute atomic E-state index is 11.4. The summed E-state index contributed by atoms with van der Waals surface area (Å²) in [6.45, 7) is -0.914. The summed E-state index contributed by atoms with van der Waals surface area (Å²) in [5, 5.41) is 45.9. The summed E-state index contributed by atoms with van der Waals surface area (Å²) in [6, 6.07) is 0. The first-order valence-electron chi connectivity index (χ1n) is 5.70. The van der Waals surface area contributed by atoms with E-state index >= 15 is 0 Å². The Labute approximate surface area is 112 Å². The second-order valence-electron chi connectivity index (χ2n) is 4.17. The first kappa shape index (κ1) is 16.5. The van der Waals surface area contributed by atoms with Crippen LogP contribution >= 0.6 is 0 Å². The molecule has 2 amide bonds. The molecule has 0 unspecified atom stereocenters. The van der Waals surface area contributed by atoms with Gasteiger partial charge in [0.05, 0.1) is 6.61 Å². The van der Waals surface area contributed by atoms with Crippen molar-refractivity contribution in [1.82, 2.24) is 5.06 Å². The molecule has 0 aromatic rings. The highest BCUT2D eigenvalue weighted by atomic mass is 16.7. The van der Waals surface area contributed by atoms with Crippen molar-refractivity contribution in [2.45, 2.75) is 37.3 Å². The number of amides is 2. The molecule has 1 fully saturated rings. The topological polar surface area (TPSA) is 165 Å². The zero-order chi connectivity index (χ0) is 15.4. The van der Waals surface area contributed by atoms with Crippen molar-refractivity contribution in [2.75, 3.05) is 6.61 Å². The van der Waals surface area contributed by atoms with Crippen LogP contribution in [0.25, 0.3) is 0 Å². The summed E-state index contributed by atoms with van der Waals surface area (Å²) in [7, 11) is 0. The van der Waals surface area contributed by atoms with Gasteiger partial charge < -0.3 is 30.4 Å². The van der Waals surface area contributed by atoms with E-state index in [9.17, 15) is 29.7 Å². The van der Waals surface area contributed by atoms with Crippen molar-refractivity contribution in [3.8, 4) is 0 Å². The third kappa shape index (κ3) is 3.49. The lowest BCUT2D eigenvalue weighted by molar-refractivity contribution is -0.210. The Balaban J connectivity index is 2.62. The van der Waals surface area contributed by atoms with Gasteiger partial charge >= 0.3 is 5.97 Å². The fourth-order valence-electron chi connectivity index (χ4n) is 1.46. The van der Waals surface area contributed by atoms with Crippen LogP contribution in [0, 0.1) is 0 Å². The smallest absolute Gasteiger partial charge is 0.364 e. The van der Waals surface area contributed by atoms with Gasteiger partial charge in [-0.25, -0.2) is 4.79 Å². The van der Waals surface area contributed by atoms with Gasteiger partial charge in [0, 0.05) is 12.8 Å². The number of carbonyl (C=O) groups is 3. The van der Waals surface area contributed by atoms with Crippen LogP contribution in [-0.2, 0) is 19.2 Å². The predicted octanol–water partition coefficient (Wildman–Crippen LogP) is -3.97. The van der Waals surface area contributed by atoms with Gasteiger partial charge in [0.1, 0.15) is 18.3 Å². The van der Waals surface area contributed by atoms with Crippen molar-refractivity contribution in [3.05, 3.63) is 0 Å². The summed E-state index contributed by atoms with van der Waals surface area (Å²) >= 11 is 0. The highest BCUT2D eigenvalue weighted by molar-refractivity contribution is 6.01. The number of hydrogen-bond acceptors (Lipinski definition) is 9. The van der Waals surface area contributed by atoms with Gasteiger partial charge in [0.25, 0.3) is 11.8 Å². The van der Waals surface area contributed by atoms with Crippen molar-refractivity contribution in [1.29, 1.82) is 0 Å². The van der Waals surface area contributed by atoms with Crippen molar-refractivity contribution in [2.24, 2.45) is 0 Å². The first-order valence-corrected chi connectivity index (χ1v) is 5.70. The number of rotatable bonds is 6. The van der Waals surface area contributed by atoms with Crippen LogP contribution in [0.15, 0.2) is 0 Å². The molecule has 114 valence electrons. The molecule has 5 N–H and O–H groups in total. The summed E-state index contributed by atoms with van der Waals surface area (Å²) in [5.74, 6) is -3.10. The molecule has 10 heteroatoms. The molecule has 1 aliphatic rings. The van der Waals surface area contributed by atoms with Gasteiger partial charge in [-0.1, -0.05) is 0 Å². The maximum Gasteiger partial charge on any atom is 0.364 e. The quantitative estimate of drug-likeness (QED) is 0.307. The third-order valence-electron chi connectivity index (χ3n) is 2.68. The standard InChI is InChI=1S/C10H15NO9/c12-3-4(13)7(16)8(17)9(18)10(19)20-11-5(14)1-2-6(11)15/h4,7-9,12-13,16-18H,1-3H2/t4-,7-,8+,9-/m1/s1. The van der Waals surface area contributed by atoms with Gasteiger partial charge in [-0.3, -0.25) is 9.59 Å². The minimum absolute atomic E-state index is 0.142. The van der Waals surface area contributed by atoms with Crippen LogP contribution in [0.3, 0.4) is 0 Å². The van der Waals surface area contributed by atoms with E-state index < -0.39 is 48.8 Å². The molecule has 1 aliphatic heterocycles. The van der Waals surface area contributed by atoms with E-state index in [0.29, 0.717) is 0 Å². The van der Waals surface area contributed by atoms with Crippen LogP contribution in [0.4, 0.5) is 0 Å². The van der Waals surface area contributed by atoms with Gasteiger partial charge in [-0.2, -0.15) is 0 Å². The second-order valence-corrected chi connectivity index (χ2v) is 4.17. The molecule has 1 rings (SSSR count). The van der Waals surface area contributed by atoms with Crippen LogP contribution in [0.1, 0.15) is 12.8 Å². The van der Waals surface area contributed by atoms with E-state index in [-0.39, 0.29) is 17.9 Å². The third-order valence-corrected chi connectivity index (χ3v) is 2.68. The molecule has 1 heterocycles. The van der Waals surface area contributed by atoms with Crippen LogP contribution < -0.4 is 0 Å². The Bertz CT molecular complexity index is 382. The lowest BCUT2D eigenvalue weighted by Crippen LogP contribution is -2.50. The molecular weight excluding hydrogens is 278 g/mol. The number of imide groups is 1. The highest BCUT2D eigenvalue weighted by Gasteiger charge is 2.39. The fraction of sp³-hybridized carbons (Fsp3) is 0.700. The molecule has 0 aromatic heterocycles. The molecule has 0 aliphatic carbocycles. The zero-order valence-corrected chi connectivity index (χ0v) is 10.2. The lowest BCUT2D eigenvalue weighted by Gasteiger charge is -2.25. The largest absolute Gasteiger partial charge is 0.394 e. The minimum Gasteiger partial charge on any atom is -0.394 e. The Hall–Kier alpha value is -1.59. The van der Waals surface area contributed by atoms with E-state index in [0.717, 1.165) is 0 Å². The average Bonchev–Trinajstić information content (AvgIpc) is 2.75. The van der Waals surface area contributed by atoms with Crippen molar-refractivity contribution in [3.63, 3.8) is 0 Å². The monoisotopic (exact) mass is 293 g/mol. The van der Waals surface area contributed by atoms with E-state index in [1.54, 1.807) is 0 Å². The van der Waals surface area contributed by atoms with Gasteiger partial charge in [0.15, 0.2) is 6.10 Å². The first-order chi connectivity index (χ1) is 9.29. The molecular formula is C10H15NO9. The average molecular weight is 293 g/mol. The Kier molecular flexibility index (Phi) is 5.53. The maximum atomic E-state index is 11.4. The number of carbonyl (C=O) groups excluding carboxylic acids is 3. The Morgan fingerprint density at radius 3 is 2.05 bits per heavy atom. The van der Waals surface area contributed by atoms with Crippen molar-refractivity contribution >= 4 is 17.8 Å². The summed E-state index contributed by atoms with van der Waals surface area (Å²) in [5.41, 5.74) is 0. The normalized spacial score (nSPS) is 21.6. The molecule has 4 atom stereocenters. The SMILES string of the molecule is O=C(ON1C(=O)CCC1=O)[C@H](O)[C@@H](O)[C@H](O)[C@H](O)CO. The van der Waals surface area contributed by atoms with E-state index in [4.69, 9.17) is 10.2 Å². The molecule has 20 heavy (non-hydrogen) atoms. The Morgan fingerprint density at radius 2 is 1.60 bits per heavy atom. The fourth-order valence-corrected chi connectivity index (χ4v) is 1.46. The predicted molar refractivity (Wildman–Crippen MR) is 58.3 cm³/mol. The Morgan fingerprint density at radius 1 is 1.10 bits per heavy atom. The molecule has 0 radical (unpaired) electrons. The minimum atomic E-state index is -2.31. The highest BCUT2D eigenvalue weighted by Crippen LogP contribution is 2.14. The van der Waals surface area contributed by atoms with E-state index in [2.05, 4.69) is 4.84 Å². The summed E-state index contributed by atoms with van der Waals surface area (Å²) in [6.07, 6.45) is -8.58. The number of nitrogens with zero attached hydrogens (tertiary/aromatic N) is 1. The van der Waals surface area contributed by atoms with E-state index in [1.807, 2.05) is 0 Å². The number of hydrogen-bond donors (Lipinski definition) is 5. The molecule has 10 nitrogen and oxygen atoms in total. The zero-order valence-electron chi connectivity index (χ0n) is 10.2. The van der Waals surface area contributed by atoms with Gasteiger partial charge in [0.2, 0.25) is 0 Å². The van der Waals surface area contributed by atoms with Gasteiger partial charge in [-0.05, 0) is 0 Å². The van der Waals surface area contributed by atoms with Crippen LogP contribution in [0.5, 0.6) is 0 Å². The lowest BCUT2D eigenvalue weighted by atomic mass is 10.0. The van der Waals surface area contributed by atoms with Gasteiger partial charge in [-0.15, -0.1) is 5.06 Å². The summed E-state index contributed by atoms with van der Waals surface area (Å²) < 4.78 is 0. The van der Waals surface area contributed by atoms with Crippen LogP contribution in [-0.4, -0.2) is 79.4 Å². The second kappa shape index (κ2) is 6.72. The van der Waals surface area contributed by atoms with Crippen molar-refractivity contribution < 1.29 is 44.8 Å². The number of aliphatic hydroxyl groups is 5. The summed E-state index contributed by atoms with van der Waals surface area (Å²) in [4.78, 5) is 38.1. The molecule has 0 spiro atoms.